The van der Waals surface area contributed by atoms with Gasteiger partial charge < -0.3 is 9.13 Å². The third kappa shape index (κ3) is 4.46. The first-order valence-corrected chi connectivity index (χ1v) is 11.0. The van der Waals surface area contributed by atoms with Gasteiger partial charge in [-0.2, -0.15) is 0 Å². The maximum atomic E-state index is 13.1. The van der Waals surface area contributed by atoms with E-state index in [4.69, 9.17) is 23.2 Å². The predicted molar refractivity (Wildman–Crippen MR) is 122 cm³/mol. The molecule has 2 heterocycles. The Morgan fingerprint density at radius 2 is 1.73 bits per heavy atom. The van der Waals surface area contributed by atoms with Gasteiger partial charge in [0.1, 0.15) is 0 Å². The fourth-order valence-corrected chi connectivity index (χ4v) is 4.25. The van der Waals surface area contributed by atoms with Crippen molar-refractivity contribution in [3.05, 3.63) is 98.4 Å². The molecule has 4 rings (SSSR count). The second-order valence-electron chi connectivity index (χ2n) is 6.74. The van der Waals surface area contributed by atoms with E-state index in [9.17, 15) is 4.79 Å². The monoisotopic (exact) mass is 456 g/mol. The Balaban J connectivity index is 1.58. The quantitative estimate of drug-likeness (QED) is 0.369. The highest BCUT2D eigenvalue weighted by Crippen LogP contribution is 2.25. The molecule has 0 radical (unpaired) electrons. The van der Waals surface area contributed by atoms with Crippen LogP contribution in [0.2, 0.25) is 10.0 Å². The lowest BCUT2D eigenvalue weighted by atomic mass is 10.2. The van der Waals surface area contributed by atoms with Crippen LogP contribution >= 0.6 is 35.0 Å². The Labute approximate surface area is 188 Å². The number of hydrogen-bond acceptors (Lipinski definition) is 4. The van der Waals surface area contributed by atoms with Gasteiger partial charge in [0.05, 0.1) is 22.2 Å². The van der Waals surface area contributed by atoms with Gasteiger partial charge in [-0.3, -0.25) is 4.79 Å². The first kappa shape index (κ1) is 20.7. The molecule has 0 saturated carbocycles. The zero-order valence-electron chi connectivity index (χ0n) is 16.1. The zero-order chi connectivity index (χ0) is 21.1. The largest absolute Gasteiger partial charge is 0.310 e. The van der Waals surface area contributed by atoms with Gasteiger partial charge in [0, 0.05) is 19.0 Å². The summed E-state index contributed by atoms with van der Waals surface area (Å²) in [6.45, 7) is 0.386. The first-order valence-electron chi connectivity index (χ1n) is 9.23. The van der Waals surface area contributed by atoms with Crippen molar-refractivity contribution < 1.29 is 0 Å². The molecule has 0 aliphatic carbocycles. The van der Waals surface area contributed by atoms with Crippen molar-refractivity contribution in [2.45, 2.75) is 17.5 Å². The first-order chi connectivity index (χ1) is 14.5. The predicted octanol–water partition coefficient (Wildman–Crippen LogP) is 5.29. The molecule has 0 fully saturated rings. The van der Waals surface area contributed by atoms with Gasteiger partial charge in [-0.1, -0.05) is 71.4 Å². The minimum atomic E-state index is -0.140. The lowest BCUT2D eigenvalue weighted by molar-refractivity contribution is 0.754. The van der Waals surface area contributed by atoms with E-state index in [0.717, 1.165) is 16.5 Å². The highest BCUT2D eigenvalue weighted by atomic mass is 35.5. The zero-order valence-corrected chi connectivity index (χ0v) is 18.5. The molecular weight excluding hydrogens is 439 g/mol. The molecule has 0 unspecified atom stereocenters. The molecule has 8 heteroatoms. The summed E-state index contributed by atoms with van der Waals surface area (Å²) in [7, 11) is 1.87. The Morgan fingerprint density at radius 1 is 0.933 bits per heavy atom. The second kappa shape index (κ2) is 9.08. The van der Waals surface area contributed by atoms with E-state index in [-0.39, 0.29) is 5.56 Å². The third-order valence-corrected chi connectivity index (χ3v) is 6.47. The molecule has 0 aliphatic heterocycles. The number of rotatable bonds is 6. The maximum absolute atomic E-state index is 13.1. The van der Waals surface area contributed by atoms with Crippen LogP contribution < -0.4 is 5.56 Å². The number of aromatic nitrogens is 4. The van der Waals surface area contributed by atoms with Crippen LogP contribution in [0.25, 0.3) is 11.4 Å². The van der Waals surface area contributed by atoms with Crippen molar-refractivity contribution in [2.75, 3.05) is 0 Å². The number of halogens is 2. The van der Waals surface area contributed by atoms with Gasteiger partial charge in [-0.05, 0) is 35.4 Å². The van der Waals surface area contributed by atoms with Gasteiger partial charge >= 0.3 is 0 Å². The van der Waals surface area contributed by atoms with Crippen molar-refractivity contribution in [1.82, 2.24) is 19.3 Å². The Hall–Kier alpha value is -2.54. The minimum Gasteiger partial charge on any atom is -0.310 e. The van der Waals surface area contributed by atoms with Crippen LogP contribution in [0.4, 0.5) is 0 Å². The van der Waals surface area contributed by atoms with E-state index in [1.165, 1.54) is 5.56 Å². The van der Waals surface area contributed by atoms with Crippen molar-refractivity contribution in [1.29, 1.82) is 0 Å². The summed E-state index contributed by atoms with van der Waals surface area (Å²) in [5.74, 6) is 1.32. The maximum Gasteiger partial charge on any atom is 0.261 e. The SMILES string of the molecule is Cn1c(SCc2ccccc2)nnc1-c1cccn(Cc2ccc(Cl)c(Cl)c2)c1=O. The molecule has 0 N–H and O–H groups in total. The summed E-state index contributed by atoms with van der Waals surface area (Å²) in [6, 6.07) is 19.1. The molecule has 0 spiro atoms. The van der Waals surface area contributed by atoms with Crippen molar-refractivity contribution >= 4 is 35.0 Å². The topological polar surface area (TPSA) is 52.7 Å². The summed E-state index contributed by atoms with van der Waals surface area (Å²) in [4.78, 5) is 13.1. The number of benzene rings is 2. The van der Waals surface area contributed by atoms with Gasteiger partial charge in [0.25, 0.3) is 5.56 Å². The smallest absolute Gasteiger partial charge is 0.261 e. The standard InChI is InChI=1S/C22H18Cl2N4OS/c1-27-20(25-26-22(27)30-14-15-6-3-2-4-7-15)17-8-5-11-28(21(17)29)13-16-9-10-18(23)19(24)12-16/h2-12H,13-14H2,1H3. The van der Waals surface area contributed by atoms with Crippen molar-refractivity contribution in [3.8, 4) is 11.4 Å². The van der Waals surface area contributed by atoms with E-state index in [0.29, 0.717) is 28.0 Å². The molecule has 30 heavy (non-hydrogen) atoms. The molecule has 4 aromatic rings. The van der Waals surface area contributed by atoms with Gasteiger partial charge in [-0.15, -0.1) is 10.2 Å². The van der Waals surface area contributed by atoms with Gasteiger partial charge in [0.2, 0.25) is 0 Å². The van der Waals surface area contributed by atoms with Crippen LogP contribution in [0.1, 0.15) is 11.1 Å². The Kier molecular flexibility index (Phi) is 6.27. The summed E-state index contributed by atoms with van der Waals surface area (Å²) >= 11 is 13.7. The van der Waals surface area contributed by atoms with Crippen LogP contribution in [-0.2, 0) is 19.3 Å². The van der Waals surface area contributed by atoms with Crippen LogP contribution in [-0.4, -0.2) is 19.3 Å². The van der Waals surface area contributed by atoms with Crippen molar-refractivity contribution in [2.24, 2.45) is 7.05 Å². The highest BCUT2D eigenvalue weighted by molar-refractivity contribution is 7.98. The van der Waals surface area contributed by atoms with E-state index in [2.05, 4.69) is 22.3 Å². The lowest BCUT2D eigenvalue weighted by Crippen LogP contribution is -2.22. The number of nitrogens with zero attached hydrogens (tertiary/aromatic N) is 4. The Morgan fingerprint density at radius 3 is 2.50 bits per heavy atom. The molecule has 2 aromatic carbocycles. The highest BCUT2D eigenvalue weighted by Gasteiger charge is 2.15. The van der Waals surface area contributed by atoms with Crippen LogP contribution in [0.5, 0.6) is 0 Å². The molecule has 5 nitrogen and oxygen atoms in total. The average Bonchev–Trinajstić information content (AvgIpc) is 3.12. The molecule has 0 atom stereocenters. The molecule has 0 aliphatic rings. The molecular formula is C22H18Cl2N4OS. The molecule has 152 valence electrons. The number of thioether (sulfide) groups is 1. The summed E-state index contributed by atoms with van der Waals surface area (Å²) in [6.07, 6.45) is 1.75. The van der Waals surface area contributed by atoms with E-state index < -0.39 is 0 Å². The third-order valence-electron chi connectivity index (χ3n) is 4.64. The summed E-state index contributed by atoms with van der Waals surface area (Å²) in [5.41, 5.74) is 2.45. The summed E-state index contributed by atoms with van der Waals surface area (Å²) < 4.78 is 3.48. The van der Waals surface area contributed by atoms with Gasteiger partial charge in [-0.25, -0.2) is 0 Å². The lowest BCUT2D eigenvalue weighted by Gasteiger charge is -2.09. The van der Waals surface area contributed by atoms with Crippen LogP contribution in [0, 0.1) is 0 Å². The van der Waals surface area contributed by atoms with Crippen LogP contribution in [0.15, 0.2) is 76.8 Å². The second-order valence-corrected chi connectivity index (χ2v) is 8.50. The number of hydrogen-bond donors (Lipinski definition) is 0. The van der Waals surface area contributed by atoms with E-state index >= 15 is 0 Å². The molecule has 2 aromatic heterocycles. The van der Waals surface area contributed by atoms with Gasteiger partial charge in [0.15, 0.2) is 11.0 Å². The fourth-order valence-electron chi connectivity index (χ4n) is 3.06. The Bertz CT molecular complexity index is 1240. The fraction of sp³-hybridized carbons (Fsp3) is 0.136. The molecule has 0 bridgehead atoms. The van der Waals surface area contributed by atoms with E-state index in [1.807, 2.05) is 41.9 Å². The normalized spacial score (nSPS) is 11.0. The molecule has 0 amide bonds. The average molecular weight is 457 g/mol. The molecule has 0 saturated heterocycles. The summed E-state index contributed by atoms with van der Waals surface area (Å²) in [5, 5.41) is 10.3. The van der Waals surface area contributed by atoms with Crippen molar-refractivity contribution in [3.63, 3.8) is 0 Å². The van der Waals surface area contributed by atoms with E-state index in [1.54, 1.807) is 40.7 Å². The number of pyridine rings is 1. The van der Waals surface area contributed by atoms with Crippen LogP contribution in [0.3, 0.4) is 0 Å². The minimum absolute atomic E-state index is 0.140.